The number of ketones is 1. The normalized spacial score (nSPS) is 13.2. The van der Waals surface area contributed by atoms with Crippen molar-refractivity contribution >= 4 is 17.1 Å². The van der Waals surface area contributed by atoms with Gasteiger partial charge in [-0.2, -0.15) is 11.3 Å². The number of benzene rings is 2. The highest BCUT2D eigenvalue weighted by Gasteiger charge is 2.22. The number of rotatable bonds is 8. The van der Waals surface area contributed by atoms with E-state index in [-0.39, 0.29) is 5.78 Å². The molecular formula is C27H26N2O2S. The summed E-state index contributed by atoms with van der Waals surface area (Å²) in [4.78, 5) is 16.7. The number of Topliss-reactive ketones (excluding diaryl/α,β-unsaturated/α-hetero) is 1. The highest BCUT2D eigenvalue weighted by molar-refractivity contribution is 7.07. The van der Waals surface area contributed by atoms with E-state index >= 15 is 0 Å². The summed E-state index contributed by atoms with van der Waals surface area (Å²) in [6, 6.07) is 14.5. The fourth-order valence-corrected chi connectivity index (χ4v) is 5.24. The van der Waals surface area contributed by atoms with Gasteiger partial charge < -0.3 is 9.30 Å². The minimum atomic E-state index is 0.267. The van der Waals surface area contributed by atoms with E-state index in [2.05, 4.69) is 40.0 Å². The molecule has 5 rings (SSSR count). The standard InChI is InChI=1S/C27H26N2O2S/c30-26-7-3-5-22-23(26)10-11-27(24(22)9-8-20-13-17-32-18-20)31-16-12-21-4-1-2-6-25(21)29-15-14-28-19-29/h1-2,4,6,10-11,13-15,17-19H,3,5,7-9,12,16H2. The number of hydrogen-bond acceptors (Lipinski definition) is 4. The van der Waals surface area contributed by atoms with Gasteiger partial charge in [0, 0.05) is 36.5 Å². The first-order chi connectivity index (χ1) is 15.8. The highest BCUT2D eigenvalue weighted by atomic mass is 32.1. The van der Waals surface area contributed by atoms with Crippen LogP contribution in [0.2, 0.25) is 0 Å². The molecule has 1 aliphatic rings. The van der Waals surface area contributed by atoms with Gasteiger partial charge in [0.15, 0.2) is 5.78 Å². The smallest absolute Gasteiger partial charge is 0.163 e. The maximum atomic E-state index is 12.5. The number of ether oxygens (including phenoxy) is 1. The molecule has 2 aromatic heterocycles. The van der Waals surface area contributed by atoms with Crippen molar-refractivity contribution in [3.05, 3.63) is 99.8 Å². The van der Waals surface area contributed by atoms with Crippen LogP contribution in [0.3, 0.4) is 0 Å². The van der Waals surface area contributed by atoms with E-state index in [0.29, 0.717) is 13.0 Å². The van der Waals surface area contributed by atoms with Crippen molar-refractivity contribution in [1.29, 1.82) is 0 Å². The van der Waals surface area contributed by atoms with E-state index in [1.54, 1.807) is 17.5 Å². The van der Waals surface area contributed by atoms with Crippen LogP contribution in [0.4, 0.5) is 0 Å². The molecule has 0 atom stereocenters. The first kappa shape index (κ1) is 20.7. The number of para-hydroxylation sites is 1. The van der Waals surface area contributed by atoms with E-state index in [0.717, 1.165) is 49.1 Å². The van der Waals surface area contributed by atoms with Gasteiger partial charge in [0.25, 0.3) is 0 Å². The van der Waals surface area contributed by atoms with Crippen molar-refractivity contribution in [1.82, 2.24) is 9.55 Å². The fraction of sp³-hybridized carbons (Fsp3) is 0.259. The minimum Gasteiger partial charge on any atom is -0.493 e. The van der Waals surface area contributed by atoms with Crippen molar-refractivity contribution in [3.63, 3.8) is 0 Å². The third-order valence-electron chi connectivity index (χ3n) is 6.17. The second-order valence-electron chi connectivity index (χ2n) is 8.17. The summed E-state index contributed by atoms with van der Waals surface area (Å²) < 4.78 is 8.38. The van der Waals surface area contributed by atoms with Crippen LogP contribution in [0.15, 0.2) is 71.9 Å². The van der Waals surface area contributed by atoms with Crippen LogP contribution >= 0.6 is 11.3 Å². The van der Waals surface area contributed by atoms with Gasteiger partial charge in [-0.3, -0.25) is 4.79 Å². The summed E-state index contributed by atoms with van der Waals surface area (Å²) in [6.45, 7) is 0.587. The van der Waals surface area contributed by atoms with Crippen LogP contribution < -0.4 is 4.74 Å². The van der Waals surface area contributed by atoms with Gasteiger partial charge in [-0.25, -0.2) is 4.98 Å². The van der Waals surface area contributed by atoms with Gasteiger partial charge in [0.2, 0.25) is 0 Å². The number of carbonyl (C=O) groups is 1. The number of thiophene rings is 1. The largest absolute Gasteiger partial charge is 0.493 e. The number of imidazole rings is 1. The van der Waals surface area contributed by atoms with Crippen LogP contribution in [-0.2, 0) is 25.7 Å². The Morgan fingerprint density at radius 3 is 2.81 bits per heavy atom. The van der Waals surface area contributed by atoms with E-state index < -0.39 is 0 Å². The van der Waals surface area contributed by atoms with Crippen molar-refractivity contribution in [3.8, 4) is 11.4 Å². The Morgan fingerprint density at radius 2 is 1.97 bits per heavy atom. The molecule has 0 radical (unpaired) electrons. The van der Waals surface area contributed by atoms with Gasteiger partial charge >= 0.3 is 0 Å². The lowest BCUT2D eigenvalue weighted by Gasteiger charge is -2.22. The molecule has 5 heteroatoms. The molecule has 2 aromatic carbocycles. The molecule has 4 nitrogen and oxygen atoms in total. The zero-order valence-electron chi connectivity index (χ0n) is 18.0. The molecule has 0 spiro atoms. The molecule has 0 saturated heterocycles. The number of nitrogens with zero attached hydrogens (tertiary/aromatic N) is 2. The van der Waals surface area contributed by atoms with Crippen molar-refractivity contribution in [2.45, 2.75) is 38.5 Å². The summed E-state index contributed by atoms with van der Waals surface area (Å²) >= 11 is 1.73. The molecule has 0 N–H and O–H groups in total. The predicted octanol–water partition coefficient (Wildman–Crippen LogP) is 5.86. The van der Waals surface area contributed by atoms with Crippen LogP contribution in [0.25, 0.3) is 5.69 Å². The lowest BCUT2D eigenvalue weighted by molar-refractivity contribution is 0.0972. The van der Waals surface area contributed by atoms with Gasteiger partial charge in [-0.1, -0.05) is 18.2 Å². The summed E-state index contributed by atoms with van der Waals surface area (Å²) in [6.07, 6.45) is 10.8. The Balaban J connectivity index is 1.36. The van der Waals surface area contributed by atoms with Crippen LogP contribution in [0.5, 0.6) is 5.75 Å². The molecule has 0 saturated carbocycles. The molecule has 2 heterocycles. The second-order valence-corrected chi connectivity index (χ2v) is 8.95. The maximum Gasteiger partial charge on any atom is 0.163 e. The lowest BCUT2D eigenvalue weighted by atomic mass is 9.85. The number of hydrogen-bond donors (Lipinski definition) is 0. The third-order valence-corrected chi connectivity index (χ3v) is 6.90. The Labute approximate surface area is 192 Å². The Kier molecular flexibility index (Phi) is 6.17. The van der Waals surface area contributed by atoms with E-state index in [4.69, 9.17) is 4.74 Å². The molecule has 4 aromatic rings. The summed E-state index contributed by atoms with van der Waals surface area (Å²) in [5.41, 5.74) is 7.00. The molecule has 32 heavy (non-hydrogen) atoms. The second kappa shape index (κ2) is 9.53. The van der Waals surface area contributed by atoms with Gasteiger partial charge in [0.1, 0.15) is 5.75 Å². The highest BCUT2D eigenvalue weighted by Crippen LogP contribution is 2.33. The van der Waals surface area contributed by atoms with Crippen molar-refractivity contribution < 1.29 is 9.53 Å². The van der Waals surface area contributed by atoms with Gasteiger partial charge in [-0.15, -0.1) is 0 Å². The van der Waals surface area contributed by atoms with E-state index in [1.165, 1.54) is 22.3 Å². The van der Waals surface area contributed by atoms with Crippen LogP contribution in [0.1, 0.15) is 45.5 Å². The predicted molar refractivity (Wildman–Crippen MR) is 128 cm³/mol. The first-order valence-corrected chi connectivity index (χ1v) is 12.1. The maximum absolute atomic E-state index is 12.5. The number of aryl methyl sites for hydroxylation is 1. The Morgan fingerprint density at radius 1 is 1.03 bits per heavy atom. The third kappa shape index (κ3) is 4.39. The quantitative estimate of drug-likeness (QED) is 0.343. The van der Waals surface area contributed by atoms with Gasteiger partial charge in [-0.05, 0) is 83.0 Å². The van der Waals surface area contributed by atoms with Crippen LogP contribution in [-0.4, -0.2) is 21.9 Å². The molecule has 0 bridgehead atoms. The number of fused-ring (bicyclic) bond motifs is 1. The monoisotopic (exact) mass is 442 g/mol. The molecule has 1 aliphatic carbocycles. The Hall–Kier alpha value is -3.18. The average Bonchev–Trinajstić information content (AvgIpc) is 3.53. The summed E-state index contributed by atoms with van der Waals surface area (Å²) in [5, 5.41) is 4.32. The fourth-order valence-electron chi connectivity index (χ4n) is 4.54. The van der Waals surface area contributed by atoms with Crippen LogP contribution in [0, 0.1) is 0 Å². The van der Waals surface area contributed by atoms with E-state index in [1.807, 2.05) is 35.3 Å². The average molecular weight is 443 g/mol. The van der Waals surface area contributed by atoms with Gasteiger partial charge in [0.05, 0.1) is 12.9 Å². The van der Waals surface area contributed by atoms with Crippen molar-refractivity contribution in [2.75, 3.05) is 6.61 Å². The Bertz CT molecular complexity index is 1200. The molecule has 0 aliphatic heterocycles. The molecule has 162 valence electrons. The minimum absolute atomic E-state index is 0.267. The molecular weight excluding hydrogens is 416 g/mol. The topological polar surface area (TPSA) is 44.1 Å². The first-order valence-electron chi connectivity index (χ1n) is 11.2. The SMILES string of the molecule is O=C1CCCc2c1ccc(OCCc1ccccc1-n1ccnc1)c2CCc1ccsc1. The lowest BCUT2D eigenvalue weighted by Crippen LogP contribution is -2.15. The number of aromatic nitrogens is 2. The number of carbonyl (C=O) groups excluding carboxylic acids is 1. The zero-order chi connectivity index (χ0) is 21.8. The van der Waals surface area contributed by atoms with Crippen molar-refractivity contribution in [2.24, 2.45) is 0 Å². The molecule has 0 fully saturated rings. The van der Waals surface area contributed by atoms with E-state index in [9.17, 15) is 4.79 Å². The molecule has 0 amide bonds. The molecule has 0 unspecified atom stereocenters. The summed E-state index contributed by atoms with van der Waals surface area (Å²) in [5.74, 6) is 1.19. The zero-order valence-corrected chi connectivity index (χ0v) is 18.8. The summed E-state index contributed by atoms with van der Waals surface area (Å²) in [7, 11) is 0.